The Balaban J connectivity index is 0.00000422. The summed E-state index contributed by atoms with van der Waals surface area (Å²) in [4.78, 5) is 29.5. The summed E-state index contributed by atoms with van der Waals surface area (Å²) in [7, 11) is -8.48. The average Bonchev–Trinajstić information content (AvgIpc) is 3.21. The van der Waals surface area contributed by atoms with Gasteiger partial charge in [0.15, 0.2) is 4.08 Å². The van der Waals surface area contributed by atoms with Gasteiger partial charge in [-0.1, -0.05) is 66.8 Å². The molecule has 0 aliphatic heterocycles. The largest absolute Gasteiger partial charge is 1.00 e. The molecule has 1 unspecified atom stereocenters. The molecule has 0 amide bonds. The number of benzene rings is 3. The summed E-state index contributed by atoms with van der Waals surface area (Å²) < 4.78 is 73.9. The molecular formula is C38H40N12Na2O8S2. The van der Waals surface area contributed by atoms with Crippen LogP contribution >= 0.6 is 0 Å². The van der Waals surface area contributed by atoms with Crippen molar-refractivity contribution in [3.8, 4) is 0 Å². The van der Waals surface area contributed by atoms with Crippen LogP contribution in [0.3, 0.4) is 0 Å². The van der Waals surface area contributed by atoms with Crippen LogP contribution in [0.25, 0.3) is 6.08 Å². The summed E-state index contributed by atoms with van der Waals surface area (Å²) >= 11 is 0. The zero-order valence-corrected chi connectivity index (χ0v) is 39.7. The first-order chi connectivity index (χ1) is 28.7. The molecule has 3 aromatic carbocycles. The third kappa shape index (κ3) is 12.5. The Morgan fingerprint density at radius 3 is 1.44 bits per heavy atom. The van der Waals surface area contributed by atoms with E-state index in [1.54, 1.807) is 67.5 Å². The van der Waals surface area contributed by atoms with Gasteiger partial charge in [0.25, 0.3) is 0 Å². The number of allylic oxidation sites excluding steroid dienone is 3. The Morgan fingerprint density at radius 1 is 0.629 bits per heavy atom. The van der Waals surface area contributed by atoms with Crippen molar-refractivity contribution in [1.82, 2.24) is 29.9 Å². The maximum atomic E-state index is 12.9. The standard InChI is InChI=1S/C38H42N12O8S2.2Na/c1-49(21-23-51)36-45-32(39-28-9-5-3-6-10-28)43-34(47-36)41-30-18-14-26(15-19-30)13-16-27-17-20-31(25-38(27,59(53,54)55)60(56,57)58)42-35-44-33(40-29-11-7-4-8-12-29)46-37(48-35)50(2)22-24-52;;/h3-20,25,27,51-52H,21-24H2,1-2H3,(H,53,54,55)(H,56,57,58)(H2,39,41,43,45,47)(H2,40,42,44,46,48);;/q;2*+1/p-2. The van der Waals surface area contributed by atoms with Gasteiger partial charge in [0.2, 0.25) is 35.7 Å². The van der Waals surface area contributed by atoms with Crippen molar-refractivity contribution in [3.63, 3.8) is 0 Å². The number of hydrogen-bond acceptors (Lipinski definition) is 20. The topological polar surface area (TPSA) is 287 Å². The van der Waals surface area contributed by atoms with Gasteiger partial charge in [-0.15, -0.1) is 0 Å². The number of nitrogens with zero attached hydrogens (tertiary/aromatic N) is 8. The van der Waals surface area contributed by atoms with E-state index in [4.69, 9.17) is 0 Å². The number of para-hydroxylation sites is 2. The fourth-order valence-electron chi connectivity index (χ4n) is 5.83. The molecule has 24 heteroatoms. The Morgan fingerprint density at radius 2 is 1.03 bits per heavy atom. The quantitative estimate of drug-likeness (QED) is 0.0381. The number of hydrogen-bond donors (Lipinski definition) is 6. The third-order valence-electron chi connectivity index (χ3n) is 8.87. The van der Waals surface area contributed by atoms with E-state index >= 15 is 0 Å². The van der Waals surface area contributed by atoms with Gasteiger partial charge in [0, 0.05) is 55.9 Å². The van der Waals surface area contributed by atoms with E-state index in [1.165, 1.54) is 17.1 Å². The molecule has 2 aromatic heterocycles. The monoisotopic (exact) mass is 902 g/mol. The van der Waals surface area contributed by atoms with Crippen LogP contribution in [0.2, 0.25) is 0 Å². The second-order valence-electron chi connectivity index (χ2n) is 13.2. The third-order valence-corrected chi connectivity index (χ3v) is 12.4. The second kappa shape index (κ2) is 22.2. The van der Waals surface area contributed by atoms with Crippen LogP contribution in [0.15, 0.2) is 115 Å². The average molecular weight is 903 g/mol. The Kier molecular flexibility index (Phi) is 17.9. The van der Waals surface area contributed by atoms with E-state index in [1.807, 2.05) is 36.4 Å². The SMILES string of the molecule is CN(CCO)c1nc(NC2=CC(S(=O)(=O)[O-])(S(=O)(=O)[O-])C(C=Cc3ccc(Nc4nc(Nc5ccccc5)nc(N(C)CCO)n4)cc3)C=C2)nc(Nc2ccccc2)n1.[Na+].[Na+]. The van der Waals surface area contributed by atoms with Crippen LogP contribution < -0.4 is 90.2 Å². The van der Waals surface area contributed by atoms with Crippen molar-refractivity contribution in [2.45, 2.75) is 4.08 Å². The smallest absolute Gasteiger partial charge is 0.746 e. The number of aliphatic hydroxyl groups is 2. The van der Waals surface area contributed by atoms with Crippen LogP contribution in [0.1, 0.15) is 5.56 Å². The first-order valence-electron chi connectivity index (χ1n) is 18.1. The van der Waals surface area contributed by atoms with E-state index in [0.717, 1.165) is 17.8 Å². The van der Waals surface area contributed by atoms with E-state index < -0.39 is 30.2 Å². The van der Waals surface area contributed by atoms with Gasteiger partial charge in [-0.3, -0.25) is 0 Å². The molecule has 20 nitrogen and oxygen atoms in total. The summed E-state index contributed by atoms with van der Waals surface area (Å²) in [6, 6.07) is 24.6. The summed E-state index contributed by atoms with van der Waals surface area (Å²) in [6.07, 6.45) is 5.47. The first-order valence-corrected chi connectivity index (χ1v) is 20.9. The summed E-state index contributed by atoms with van der Waals surface area (Å²) in [5.41, 5.74) is 2.06. The van der Waals surface area contributed by atoms with Crippen LogP contribution in [-0.2, 0) is 20.2 Å². The Bertz CT molecular complexity index is 2560. The van der Waals surface area contributed by atoms with Crippen molar-refractivity contribution in [2.75, 3.05) is 71.5 Å². The molecule has 1 atom stereocenters. The van der Waals surface area contributed by atoms with Gasteiger partial charge in [0.1, 0.15) is 20.2 Å². The molecule has 314 valence electrons. The molecule has 5 aromatic rings. The maximum absolute atomic E-state index is 12.9. The van der Waals surface area contributed by atoms with E-state index in [0.29, 0.717) is 23.0 Å². The van der Waals surface area contributed by atoms with E-state index in [9.17, 15) is 36.2 Å². The van der Waals surface area contributed by atoms with E-state index in [2.05, 4.69) is 51.2 Å². The molecule has 1 aliphatic rings. The second-order valence-corrected chi connectivity index (χ2v) is 16.6. The molecule has 0 radical (unpaired) electrons. The van der Waals surface area contributed by atoms with Crippen LogP contribution in [0, 0.1) is 5.92 Å². The number of likely N-dealkylation sites (N-methyl/N-ethyl adjacent to an activating group) is 2. The normalized spacial score (nSPS) is 14.5. The molecule has 0 fully saturated rings. The van der Waals surface area contributed by atoms with E-state index in [-0.39, 0.29) is 127 Å². The molecule has 0 bridgehead atoms. The van der Waals surface area contributed by atoms with Gasteiger partial charge in [-0.2, -0.15) is 29.9 Å². The number of aliphatic hydroxyl groups excluding tert-OH is 2. The molecule has 62 heavy (non-hydrogen) atoms. The molecule has 0 saturated heterocycles. The fraction of sp³-hybridized carbons (Fsp3) is 0.211. The minimum Gasteiger partial charge on any atom is -0.746 e. The number of rotatable bonds is 18. The van der Waals surface area contributed by atoms with Gasteiger partial charge >= 0.3 is 59.1 Å². The number of aromatic nitrogens is 6. The van der Waals surface area contributed by atoms with Gasteiger partial charge in [0.05, 0.1) is 13.2 Å². The Labute approximate surface area is 402 Å². The van der Waals surface area contributed by atoms with Crippen molar-refractivity contribution in [1.29, 1.82) is 0 Å². The summed E-state index contributed by atoms with van der Waals surface area (Å²) in [5.74, 6) is -1.13. The van der Waals surface area contributed by atoms with Gasteiger partial charge < -0.3 is 50.4 Å². The van der Waals surface area contributed by atoms with Crippen molar-refractivity contribution in [2.24, 2.45) is 5.92 Å². The minimum atomic E-state index is -5.90. The molecular weight excluding hydrogens is 863 g/mol. The predicted molar refractivity (Wildman–Crippen MR) is 225 cm³/mol. The Hall–Kier alpha value is -4.56. The van der Waals surface area contributed by atoms with Crippen LogP contribution in [0.4, 0.5) is 52.8 Å². The number of anilines is 9. The zero-order valence-electron chi connectivity index (χ0n) is 34.1. The predicted octanol–water partition coefficient (Wildman–Crippen LogP) is -2.87. The maximum Gasteiger partial charge on any atom is 1.00 e. The molecule has 0 saturated carbocycles. The molecule has 0 spiro atoms. The van der Waals surface area contributed by atoms with Crippen LogP contribution in [-0.4, -0.2) is 111 Å². The van der Waals surface area contributed by atoms with Crippen LogP contribution in [0.5, 0.6) is 0 Å². The van der Waals surface area contributed by atoms with Gasteiger partial charge in [-0.25, -0.2) is 16.8 Å². The summed E-state index contributed by atoms with van der Waals surface area (Å²) in [5, 5.41) is 30.9. The minimum absolute atomic E-state index is 0. The molecule has 2 heterocycles. The molecule has 6 rings (SSSR count). The van der Waals surface area contributed by atoms with Crippen molar-refractivity contribution >= 4 is 79.1 Å². The molecule has 1 aliphatic carbocycles. The molecule has 6 N–H and O–H groups in total. The zero-order chi connectivity index (χ0) is 42.9. The fourth-order valence-corrected chi connectivity index (χ4v) is 8.35. The van der Waals surface area contributed by atoms with Crippen molar-refractivity contribution in [3.05, 3.63) is 120 Å². The number of nitrogens with one attached hydrogen (secondary N) is 4. The van der Waals surface area contributed by atoms with Crippen molar-refractivity contribution < 1.29 is 95.3 Å². The summed E-state index contributed by atoms with van der Waals surface area (Å²) in [6.45, 7) is 0.0319. The first kappa shape index (κ1) is 50.1. The van der Waals surface area contributed by atoms with Gasteiger partial charge in [-0.05, 0) is 54.1 Å².